The Morgan fingerprint density at radius 1 is 1.41 bits per heavy atom. The van der Waals surface area contributed by atoms with Gasteiger partial charge in [0.25, 0.3) is 5.91 Å². The van der Waals surface area contributed by atoms with Crippen LogP contribution in [0.25, 0.3) is 0 Å². The predicted molar refractivity (Wildman–Crippen MR) is 94.0 cm³/mol. The van der Waals surface area contributed by atoms with Crippen LogP contribution >= 0.6 is 27.5 Å². The van der Waals surface area contributed by atoms with Gasteiger partial charge in [0, 0.05) is 16.3 Å². The number of carbonyl (C=O) groups is 1. The minimum Gasteiger partial charge on any atom is -0.488 e. The normalized spacial score (nSPS) is 10.1. The monoisotopic (exact) mass is 379 g/mol. The Bertz CT molecular complexity index is 716. The van der Waals surface area contributed by atoms with E-state index in [-0.39, 0.29) is 5.91 Å². The molecule has 0 aromatic heterocycles. The van der Waals surface area contributed by atoms with Gasteiger partial charge in [-0.15, -0.1) is 0 Å². The number of anilines is 1. The molecular weight excluding hydrogens is 366 g/mol. The van der Waals surface area contributed by atoms with Crippen molar-refractivity contribution in [2.45, 2.75) is 6.92 Å². The van der Waals surface area contributed by atoms with Gasteiger partial charge in [-0.3, -0.25) is 4.79 Å². The highest BCUT2D eigenvalue weighted by atomic mass is 79.9. The van der Waals surface area contributed by atoms with Crippen molar-refractivity contribution < 1.29 is 9.53 Å². The lowest BCUT2D eigenvalue weighted by Gasteiger charge is -2.11. The van der Waals surface area contributed by atoms with Crippen LogP contribution in [0, 0.1) is 6.92 Å². The number of hydrogen-bond donors (Lipinski definition) is 1. The second-order valence-corrected chi connectivity index (χ2v) is 5.87. The van der Waals surface area contributed by atoms with Crippen molar-refractivity contribution in [3.05, 3.63) is 69.7 Å². The first-order valence-corrected chi connectivity index (χ1v) is 7.79. The van der Waals surface area contributed by atoms with Crippen LogP contribution in [0.2, 0.25) is 5.02 Å². The third-order valence-electron chi connectivity index (χ3n) is 3.07. The Kier molecular flexibility index (Phi) is 5.63. The van der Waals surface area contributed by atoms with Gasteiger partial charge in [-0.25, -0.2) is 0 Å². The van der Waals surface area contributed by atoms with E-state index in [4.69, 9.17) is 16.3 Å². The molecule has 5 heteroatoms. The van der Waals surface area contributed by atoms with Crippen LogP contribution in [-0.4, -0.2) is 12.5 Å². The lowest BCUT2D eigenvalue weighted by molar-refractivity contribution is 0.102. The molecule has 0 fully saturated rings. The van der Waals surface area contributed by atoms with Crippen LogP contribution < -0.4 is 10.1 Å². The SMILES string of the molecule is C=CCOc1ccc(C(=O)Nc2cccc(Cl)c2C)cc1Br. The summed E-state index contributed by atoms with van der Waals surface area (Å²) in [4.78, 5) is 12.3. The molecule has 0 aliphatic carbocycles. The molecule has 0 unspecified atom stereocenters. The highest BCUT2D eigenvalue weighted by molar-refractivity contribution is 9.10. The van der Waals surface area contributed by atoms with E-state index >= 15 is 0 Å². The van der Waals surface area contributed by atoms with E-state index in [1.807, 2.05) is 13.0 Å². The number of halogens is 2. The molecule has 114 valence electrons. The van der Waals surface area contributed by atoms with Crippen LogP contribution in [0.3, 0.4) is 0 Å². The van der Waals surface area contributed by atoms with Gasteiger partial charge in [0.1, 0.15) is 12.4 Å². The van der Waals surface area contributed by atoms with E-state index in [0.29, 0.717) is 33.1 Å². The standard InChI is InChI=1S/C17H15BrClNO2/c1-3-9-22-16-8-7-12(10-13(16)18)17(21)20-15-6-4-5-14(19)11(15)2/h3-8,10H,1,9H2,2H3,(H,20,21). The molecule has 2 aromatic rings. The van der Waals surface area contributed by atoms with Crippen molar-refractivity contribution in [1.82, 2.24) is 0 Å². The van der Waals surface area contributed by atoms with Crippen LogP contribution in [-0.2, 0) is 0 Å². The molecular formula is C17H15BrClNO2. The maximum Gasteiger partial charge on any atom is 0.255 e. The highest BCUT2D eigenvalue weighted by Gasteiger charge is 2.11. The van der Waals surface area contributed by atoms with Crippen LogP contribution in [0.15, 0.2) is 53.5 Å². The first-order valence-electron chi connectivity index (χ1n) is 6.62. The van der Waals surface area contributed by atoms with Gasteiger partial charge in [-0.2, -0.15) is 0 Å². The minimum atomic E-state index is -0.207. The quantitative estimate of drug-likeness (QED) is 0.721. The number of carbonyl (C=O) groups excluding carboxylic acids is 1. The number of benzene rings is 2. The van der Waals surface area contributed by atoms with E-state index in [2.05, 4.69) is 27.8 Å². The van der Waals surface area contributed by atoms with Gasteiger partial charge in [0.2, 0.25) is 0 Å². The van der Waals surface area contributed by atoms with Gasteiger partial charge < -0.3 is 10.1 Å². The molecule has 3 nitrogen and oxygen atoms in total. The topological polar surface area (TPSA) is 38.3 Å². The van der Waals surface area contributed by atoms with Crippen LogP contribution in [0.1, 0.15) is 15.9 Å². The smallest absolute Gasteiger partial charge is 0.255 e. The average Bonchev–Trinajstić information content (AvgIpc) is 2.50. The molecule has 2 rings (SSSR count). The lowest BCUT2D eigenvalue weighted by Crippen LogP contribution is -2.13. The number of amides is 1. The van der Waals surface area contributed by atoms with Crippen molar-refractivity contribution in [3.63, 3.8) is 0 Å². The molecule has 0 aliphatic rings. The maximum atomic E-state index is 12.3. The van der Waals surface area contributed by atoms with Crippen molar-refractivity contribution in [1.29, 1.82) is 0 Å². The van der Waals surface area contributed by atoms with Gasteiger partial charge in [-0.1, -0.05) is 30.3 Å². The lowest BCUT2D eigenvalue weighted by atomic mass is 10.1. The van der Waals surface area contributed by atoms with Gasteiger partial charge >= 0.3 is 0 Å². The fraction of sp³-hybridized carbons (Fsp3) is 0.118. The molecule has 1 N–H and O–H groups in total. The van der Waals surface area contributed by atoms with Gasteiger partial charge in [-0.05, 0) is 58.7 Å². The Hall–Kier alpha value is -1.78. The molecule has 0 bridgehead atoms. The second kappa shape index (κ2) is 7.47. The fourth-order valence-electron chi connectivity index (χ4n) is 1.85. The zero-order valence-electron chi connectivity index (χ0n) is 12.0. The molecule has 0 atom stereocenters. The van der Waals surface area contributed by atoms with E-state index in [0.717, 1.165) is 5.56 Å². The summed E-state index contributed by atoms with van der Waals surface area (Å²) < 4.78 is 6.17. The number of nitrogens with one attached hydrogen (secondary N) is 1. The molecule has 0 spiro atoms. The van der Waals surface area contributed by atoms with Crippen molar-refractivity contribution >= 4 is 39.1 Å². The Morgan fingerprint density at radius 3 is 2.86 bits per heavy atom. The molecule has 0 heterocycles. The maximum absolute atomic E-state index is 12.3. The molecule has 22 heavy (non-hydrogen) atoms. The molecule has 0 saturated carbocycles. The third-order valence-corrected chi connectivity index (χ3v) is 4.10. The fourth-order valence-corrected chi connectivity index (χ4v) is 2.51. The largest absolute Gasteiger partial charge is 0.488 e. The zero-order valence-corrected chi connectivity index (χ0v) is 14.4. The molecule has 0 aliphatic heterocycles. The van der Waals surface area contributed by atoms with E-state index < -0.39 is 0 Å². The summed E-state index contributed by atoms with van der Waals surface area (Å²) in [6.07, 6.45) is 1.66. The van der Waals surface area contributed by atoms with E-state index in [9.17, 15) is 4.79 Å². The summed E-state index contributed by atoms with van der Waals surface area (Å²) in [7, 11) is 0. The number of hydrogen-bond acceptors (Lipinski definition) is 2. The third kappa shape index (κ3) is 3.90. The Balaban J connectivity index is 2.17. The van der Waals surface area contributed by atoms with Gasteiger partial charge in [0.15, 0.2) is 0 Å². The molecule has 2 aromatic carbocycles. The summed E-state index contributed by atoms with van der Waals surface area (Å²) in [5.41, 5.74) is 2.06. The summed E-state index contributed by atoms with van der Waals surface area (Å²) in [5, 5.41) is 3.47. The van der Waals surface area contributed by atoms with Crippen LogP contribution in [0.4, 0.5) is 5.69 Å². The second-order valence-electron chi connectivity index (χ2n) is 4.61. The van der Waals surface area contributed by atoms with Gasteiger partial charge in [0.05, 0.1) is 4.47 Å². The summed E-state index contributed by atoms with van der Waals surface area (Å²) in [6.45, 7) is 5.87. The minimum absolute atomic E-state index is 0.207. The Labute approximate surface area is 143 Å². The van der Waals surface area contributed by atoms with E-state index in [1.165, 1.54) is 0 Å². The number of rotatable bonds is 5. The van der Waals surface area contributed by atoms with Crippen LogP contribution in [0.5, 0.6) is 5.75 Å². The molecule has 1 amide bonds. The summed E-state index contributed by atoms with van der Waals surface area (Å²) >= 11 is 9.45. The van der Waals surface area contributed by atoms with Crippen molar-refractivity contribution in [2.24, 2.45) is 0 Å². The first kappa shape index (κ1) is 16.6. The first-order chi connectivity index (χ1) is 10.5. The summed E-state index contributed by atoms with van der Waals surface area (Å²) in [6, 6.07) is 10.6. The van der Waals surface area contributed by atoms with Crippen molar-refractivity contribution in [2.75, 3.05) is 11.9 Å². The van der Waals surface area contributed by atoms with E-state index in [1.54, 1.807) is 36.4 Å². The Morgan fingerprint density at radius 2 is 2.18 bits per heavy atom. The molecule has 0 saturated heterocycles. The number of ether oxygens (including phenoxy) is 1. The summed E-state index contributed by atoms with van der Waals surface area (Å²) in [5.74, 6) is 0.455. The average molecular weight is 381 g/mol. The van der Waals surface area contributed by atoms with Crippen molar-refractivity contribution in [3.8, 4) is 5.75 Å². The predicted octanol–water partition coefficient (Wildman–Crippen LogP) is 5.23. The molecule has 0 radical (unpaired) electrons. The highest BCUT2D eigenvalue weighted by Crippen LogP contribution is 2.27. The zero-order chi connectivity index (χ0) is 16.1.